The molecule has 7 heteroatoms. The molecule has 3 heterocycles. The Balaban J connectivity index is 1.82. The van der Waals surface area contributed by atoms with Gasteiger partial charge in [-0.25, -0.2) is 0 Å². The van der Waals surface area contributed by atoms with Gasteiger partial charge in [-0.1, -0.05) is 24.3 Å². The number of carbonyl (C=O) groups excluding carboxylic acids is 3. The van der Waals surface area contributed by atoms with Gasteiger partial charge >= 0.3 is 5.97 Å². The molecule has 1 aromatic carbocycles. The zero-order chi connectivity index (χ0) is 21.0. The predicted molar refractivity (Wildman–Crippen MR) is 104 cm³/mol. The van der Waals surface area contributed by atoms with Gasteiger partial charge in [0.1, 0.15) is 18.1 Å². The number of carbonyl (C=O) groups is 3. The summed E-state index contributed by atoms with van der Waals surface area (Å²) < 4.78 is 11.5. The Hall–Kier alpha value is -2.51. The van der Waals surface area contributed by atoms with Crippen LogP contribution in [0.3, 0.4) is 0 Å². The number of esters is 1. The maximum Gasteiger partial charge on any atom is 0.311 e. The molecule has 1 aliphatic carbocycles. The van der Waals surface area contributed by atoms with E-state index in [2.05, 4.69) is 0 Å². The van der Waals surface area contributed by atoms with E-state index in [1.807, 2.05) is 18.2 Å². The average Bonchev–Trinajstić information content (AvgIpc) is 2.77. The van der Waals surface area contributed by atoms with Gasteiger partial charge in [-0.05, 0) is 32.4 Å². The maximum absolute atomic E-state index is 13.5. The molecule has 2 bridgehead atoms. The molecule has 0 aromatic heterocycles. The van der Waals surface area contributed by atoms with Gasteiger partial charge in [-0.15, -0.1) is 0 Å². The summed E-state index contributed by atoms with van der Waals surface area (Å²) in [7, 11) is 1.42. The highest BCUT2D eigenvalue weighted by molar-refractivity contribution is 6.12. The minimum atomic E-state index is -1.32. The number of hydroxylamine groups is 1. The SMILES string of the molecule is CON1C(=O)C2(C=C(COC(=O)C(C)(C)C)C3COC2C(=O)C3)c2ccccc21. The van der Waals surface area contributed by atoms with Crippen molar-refractivity contribution in [1.82, 2.24) is 0 Å². The molecule has 154 valence electrons. The first-order valence-corrected chi connectivity index (χ1v) is 9.71. The van der Waals surface area contributed by atoms with Crippen LogP contribution in [0.15, 0.2) is 35.9 Å². The molecule has 0 radical (unpaired) electrons. The summed E-state index contributed by atoms with van der Waals surface area (Å²) in [6.07, 6.45) is 1.12. The average molecular weight is 399 g/mol. The number of rotatable bonds is 3. The molecule has 1 aromatic rings. The number of benzene rings is 1. The van der Waals surface area contributed by atoms with Crippen molar-refractivity contribution in [3.63, 3.8) is 0 Å². The lowest BCUT2D eigenvalue weighted by molar-refractivity contribution is -0.152. The van der Waals surface area contributed by atoms with Gasteiger partial charge in [0, 0.05) is 17.9 Å². The summed E-state index contributed by atoms with van der Waals surface area (Å²) >= 11 is 0. The largest absolute Gasteiger partial charge is 0.461 e. The second kappa shape index (κ2) is 6.78. The summed E-state index contributed by atoms with van der Waals surface area (Å²) in [5, 5.41) is 1.21. The van der Waals surface area contributed by atoms with Crippen molar-refractivity contribution >= 4 is 23.3 Å². The van der Waals surface area contributed by atoms with Crippen molar-refractivity contribution in [3.8, 4) is 0 Å². The predicted octanol–water partition coefficient (Wildman–Crippen LogP) is 2.34. The minimum Gasteiger partial charge on any atom is -0.461 e. The molecule has 1 spiro atoms. The second-order valence-corrected chi connectivity index (χ2v) is 8.79. The monoisotopic (exact) mass is 399 g/mol. The Morgan fingerprint density at radius 1 is 1.28 bits per heavy atom. The van der Waals surface area contributed by atoms with E-state index in [1.54, 1.807) is 32.9 Å². The molecule has 5 rings (SSSR count). The first-order valence-electron chi connectivity index (χ1n) is 9.71. The molecule has 29 heavy (non-hydrogen) atoms. The standard InChI is InChI=1S/C22H25NO6/c1-21(2,3)20(26)29-12-14-10-22(18-17(24)9-13(14)11-28-18)15-7-5-6-8-16(15)23(27-4)19(22)25/h5-8,10,13,18H,9,11-12H2,1-4H3. The highest BCUT2D eigenvalue weighted by atomic mass is 16.7. The van der Waals surface area contributed by atoms with Crippen LogP contribution in [0.5, 0.6) is 0 Å². The Labute approximate surface area is 169 Å². The lowest BCUT2D eigenvalue weighted by atomic mass is 9.74. The fourth-order valence-electron chi connectivity index (χ4n) is 4.32. The quantitative estimate of drug-likeness (QED) is 0.573. The molecular weight excluding hydrogens is 374 g/mol. The number of ether oxygens (including phenoxy) is 2. The molecule has 0 saturated carbocycles. The van der Waals surface area contributed by atoms with Gasteiger partial charge in [-0.3, -0.25) is 19.2 Å². The van der Waals surface area contributed by atoms with Crippen LogP contribution in [0.25, 0.3) is 0 Å². The van der Waals surface area contributed by atoms with Crippen LogP contribution < -0.4 is 5.06 Å². The Bertz CT molecular complexity index is 914. The van der Waals surface area contributed by atoms with E-state index in [0.29, 0.717) is 17.9 Å². The smallest absolute Gasteiger partial charge is 0.311 e. The molecule has 1 saturated heterocycles. The van der Waals surface area contributed by atoms with Crippen molar-refractivity contribution in [2.75, 3.05) is 25.4 Å². The normalized spacial score (nSPS) is 28.4. The van der Waals surface area contributed by atoms with Crippen LogP contribution in [-0.2, 0) is 34.1 Å². The number of anilines is 1. The lowest BCUT2D eigenvalue weighted by Gasteiger charge is -2.33. The van der Waals surface area contributed by atoms with E-state index in [9.17, 15) is 14.4 Å². The Kier molecular flexibility index (Phi) is 4.63. The van der Waals surface area contributed by atoms with Crippen molar-refractivity contribution in [1.29, 1.82) is 0 Å². The third kappa shape index (κ3) is 2.91. The Morgan fingerprint density at radius 2 is 2.00 bits per heavy atom. The molecule has 4 aliphatic rings. The van der Waals surface area contributed by atoms with E-state index in [-0.39, 0.29) is 36.6 Å². The third-order valence-electron chi connectivity index (χ3n) is 5.83. The van der Waals surface area contributed by atoms with E-state index in [4.69, 9.17) is 14.3 Å². The van der Waals surface area contributed by atoms with Gasteiger partial charge in [-0.2, -0.15) is 5.06 Å². The summed E-state index contributed by atoms with van der Waals surface area (Å²) in [5.41, 5.74) is 0.0163. The van der Waals surface area contributed by atoms with E-state index in [0.717, 1.165) is 5.57 Å². The van der Waals surface area contributed by atoms with Crippen molar-refractivity contribution in [3.05, 3.63) is 41.5 Å². The maximum atomic E-state index is 13.5. The fraction of sp³-hybridized carbons (Fsp3) is 0.500. The van der Waals surface area contributed by atoms with Gasteiger partial charge in [0.25, 0.3) is 5.91 Å². The van der Waals surface area contributed by atoms with Gasteiger partial charge < -0.3 is 9.47 Å². The van der Waals surface area contributed by atoms with Crippen LogP contribution in [-0.4, -0.2) is 44.1 Å². The van der Waals surface area contributed by atoms with Gasteiger partial charge in [0.2, 0.25) is 0 Å². The van der Waals surface area contributed by atoms with Crippen LogP contribution >= 0.6 is 0 Å². The van der Waals surface area contributed by atoms with Crippen LogP contribution in [0, 0.1) is 11.3 Å². The third-order valence-corrected chi connectivity index (χ3v) is 5.83. The number of nitrogens with zero attached hydrogens (tertiary/aromatic N) is 1. The second-order valence-electron chi connectivity index (χ2n) is 8.79. The molecule has 0 N–H and O–H groups in total. The lowest BCUT2D eigenvalue weighted by Crippen LogP contribution is -2.52. The zero-order valence-electron chi connectivity index (χ0n) is 17.1. The molecular formula is C22H25NO6. The number of Topliss-reactive ketones (excluding diaryl/α,β-unsaturated/α-hetero) is 1. The van der Waals surface area contributed by atoms with Gasteiger partial charge in [0.15, 0.2) is 5.78 Å². The van der Waals surface area contributed by atoms with Crippen molar-refractivity contribution in [2.24, 2.45) is 11.3 Å². The van der Waals surface area contributed by atoms with Gasteiger partial charge in [0.05, 0.1) is 24.8 Å². The highest BCUT2D eigenvalue weighted by Crippen LogP contribution is 2.50. The fourth-order valence-corrected chi connectivity index (χ4v) is 4.32. The van der Waals surface area contributed by atoms with Crippen molar-refractivity contribution < 1.29 is 28.7 Å². The molecule has 7 nitrogen and oxygen atoms in total. The minimum absolute atomic E-state index is 0.0221. The molecule has 3 aliphatic heterocycles. The number of hydrogen-bond donors (Lipinski definition) is 0. The summed E-state index contributed by atoms with van der Waals surface area (Å²) in [4.78, 5) is 44.1. The molecule has 1 amide bonds. The van der Waals surface area contributed by atoms with E-state index < -0.39 is 16.9 Å². The topological polar surface area (TPSA) is 82.1 Å². The first kappa shape index (κ1) is 19.8. The van der Waals surface area contributed by atoms with E-state index in [1.165, 1.54) is 12.2 Å². The molecule has 3 atom stereocenters. The van der Waals surface area contributed by atoms with Crippen LogP contribution in [0.1, 0.15) is 32.8 Å². The van der Waals surface area contributed by atoms with Crippen LogP contribution in [0.2, 0.25) is 0 Å². The highest BCUT2D eigenvalue weighted by Gasteiger charge is 2.61. The first-order chi connectivity index (χ1) is 13.7. The number of ketones is 1. The molecule has 3 unspecified atom stereocenters. The number of amides is 1. The van der Waals surface area contributed by atoms with E-state index >= 15 is 0 Å². The summed E-state index contributed by atoms with van der Waals surface area (Å²) in [6.45, 7) is 5.67. The Morgan fingerprint density at radius 3 is 2.66 bits per heavy atom. The number of para-hydroxylation sites is 1. The summed E-state index contributed by atoms with van der Waals surface area (Å²) in [6, 6.07) is 7.23. The number of hydrogen-bond acceptors (Lipinski definition) is 6. The van der Waals surface area contributed by atoms with Crippen molar-refractivity contribution in [2.45, 2.75) is 38.7 Å². The summed E-state index contributed by atoms with van der Waals surface area (Å²) in [5.74, 6) is -1.06. The zero-order valence-corrected chi connectivity index (χ0v) is 17.1. The van der Waals surface area contributed by atoms with Crippen LogP contribution in [0.4, 0.5) is 5.69 Å². The number of fused-ring (bicyclic) bond motifs is 3. The molecule has 1 fully saturated rings.